The molecule has 5 heavy (non-hydrogen) atoms. The zero-order valence-electron chi connectivity index (χ0n) is 2.50. The fraction of sp³-hybridized carbons (Fsp3) is 0. The molecule has 0 aliphatic heterocycles. The molecule has 0 saturated carbocycles. The van der Waals surface area contributed by atoms with Gasteiger partial charge in [-0.2, -0.15) is 0 Å². The highest BCUT2D eigenvalue weighted by molar-refractivity contribution is 7.38. The normalized spacial score (nSPS) is 7.20. The van der Waals surface area contributed by atoms with Crippen LogP contribution in [-0.4, -0.2) is 14.7 Å². The van der Waals surface area contributed by atoms with Gasteiger partial charge in [0.15, 0.2) is 0 Å². The first kappa shape index (κ1) is 8.99. The second-order valence-electron chi connectivity index (χ2n) is 0.268. The molecule has 0 unspecified atom stereocenters. The van der Waals surface area contributed by atoms with Crippen LogP contribution < -0.4 is 6.15 Å². The van der Waals surface area contributed by atoms with Gasteiger partial charge in [-0.3, -0.25) is 0 Å². The van der Waals surface area contributed by atoms with Gasteiger partial charge in [-0.25, -0.2) is 0 Å². The molecule has 0 aromatic carbocycles. The molecular weight excluding hydrogens is 93.0 g/mol. The standard InChI is InChI=1S/H3N.H3O3P/c;1-4(2)3/h1H3;1-3H. The van der Waals surface area contributed by atoms with E-state index in [0.717, 1.165) is 0 Å². The van der Waals surface area contributed by atoms with Gasteiger partial charge in [-0.1, -0.05) is 0 Å². The van der Waals surface area contributed by atoms with Gasteiger partial charge in [0.1, 0.15) is 0 Å². The second-order valence-corrected chi connectivity index (χ2v) is 0.805. The predicted octanol–water partition coefficient (Wildman–Crippen LogP) is -0.648. The highest BCUT2D eigenvalue weighted by atomic mass is 31.2. The highest BCUT2D eigenvalue weighted by Crippen LogP contribution is 2.11. The fourth-order valence-electron chi connectivity index (χ4n) is 0. The Bertz CT molecular complexity index is 11.6. The van der Waals surface area contributed by atoms with Crippen LogP contribution in [-0.2, 0) is 0 Å². The SMILES string of the molecule is N.OP(O)O. The Hall–Kier alpha value is 0.270. The van der Waals surface area contributed by atoms with Crippen molar-refractivity contribution in [1.82, 2.24) is 6.15 Å². The summed E-state index contributed by atoms with van der Waals surface area (Å²) in [6.45, 7) is 0. The Balaban J connectivity index is 0. The van der Waals surface area contributed by atoms with E-state index in [4.69, 9.17) is 14.7 Å². The largest absolute Gasteiger partial charge is 0.344 e. The maximum Gasteiger partial charge on any atom is 0.324 e. The summed E-state index contributed by atoms with van der Waals surface area (Å²) < 4.78 is 0. The quantitative estimate of drug-likeness (QED) is 0.303. The zero-order valence-corrected chi connectivity index (χ0v) is 3.39. The van der Waals surface area contributed by atoms with Gasteiger partial charge in [0.25, 0.3) is 0 Å². The van der Waals surface area contributed by atoms with Crippen LogP contribution in [0.5, 0.6) is 0 Å². The molecule has 0 heterocycles. The van der Waals surface area contributed by atoms with Crippen LogP contribution in [0.2, 0.25) is 0 Å². The smallest absolute Gasteiger partial charge is 0.324 e. The molecule has 0 radical (unpaired) electrons. The molecule has 0 amide bonds. The lowest BCUT2D eigenvalue weighted by Gasteiger charge is -1.76. The Morgan fingerprint density at radius 3 is 1.00 bits per heavy atom. The number of hydrogen-bond acceptors (Lipinski definition) is 4. The van der Waals surface area contributed by atoms with Crippen molar-refractivity contribution in [3.05, 3.63) is 0 Å². The molecule has 0 bridgehead atoms. The molecule has 0 aromatic rings. The van der Waals surface area contributed by atoms with E-state index < -0.39 is 8.60 Å². The van der Waals surface area contributed by atoms with E-state index in [1.54, 1.807) is 0 Å². The minimum absolute atomic E-state index is 0. The molecule has 0 aliphatic carbocycles. The summed E-state index contributed by atoms with van der Waals surface area (Å²) in [5.41, 5.74) is 0. The molecule has 0 rings (SSSR count). The number of hydrogen-bond donors (Lipinski definition) is 4. The Morgan fingerprint density at radius 2 is 1.00 bits per heavy atom. The second kappa shape index (κ2) is 4.27. The van der Waals surface area contributed by atoms with Crippen LogP contribution in [0.3, 0.4) is 0 Å². The van der Waals surface area contributed by atoms with Gasteiger partial charge in [0, 0.05) is 0 Å². The van der Waals surface area contributed by atoms with Crippen molar-refractivity contribution in [2.24, 2.45) is 0 Å². The van der Waals surface area contributed by atoms with Crippen molar-refractivity contribution in [3.63, 3.8) is 0 Å². The van der Waals surface area contributed by atoms with E-state index >= 15 is 0 Å². The fourth-order valence-corrected chi connectivity index (χ4v) is 0. The molecule has 34 valence electrons. The Morgan fingerprint density at radius 1 is 1.00 bits per heavy atom. The summed E-state index contributed by atoms with van der Waals surface area (Å²) in [6.07, 6.45) is 0. The highest BCUT2D eigenvalue weighted by Gasteiger charge is 1.76. The molecule has 5 heteroatoms. The molecular formula is H6NO3P. The Kier molecular flexibility index (Phi) is 7.67. The summed E-state index contributed by atoms with van der Waals surface area (Å²) in [7, 11) is -2.62. The van der Waals surface area contributed by atoms with E-state index in [2.05, 4.69) is 0 Å². The van der Waals surface area contributed by atoms with Crippen LogP contribution in [0.25, 0.3) is 0 Å². The maximum atomic E-state index is 7.23. The van der Waals surface area contributed by atoms with Crippen molar-refractivity contribution in [1.29, 1.82) is 0 Å². The zero-order chi connectivity index (χ0) is 3.58. The van der Waals surface area contributed by atoms with Crippen LogP contribution in [0, 0.1) is 0 Å². The van der Waals surface area contributed by atoms with Crippen molar-refractivity contribution < 1.29 is 14.7 Å². The molecule has 6 N–H and O–H groups in total. The Labute approximate surface area is 30.7 Å². The predicted molar refractivity (Wildman–Crippen MR) is 18.6 cm³/mol. The minimum atomic E-state index is -2.62. The van der Waals surface area contributed by atoms with Gasteiger partial charge in [0.2, 0.25) is 0 Å². The molecule has 0 spiro atoms. The van der Waals surface area contributed by atoms with E-state index in [1.807, 2.05) is 0 Å². The van der Waals surface area contributed by atoms with E-state index in [0.29, 0.717) is 0 Å². The summed E-state index contributed by atoms with van der Waals surface area (Å²) in [6, 6.07) is 0. The first-order valence-corrected chi connectivity index (χ1v) is 1.80. The number of rotatable bonds is 0. The van der Waals surface area contributed by atoms with Crippen LogP contribution in [0.1, 0.15) is 0 Å². The van der Waals surface area contributed by atoms with Crippen molar-refractivity contribution >= 4 is 8.60 Å². The summed E-state index contributed by atoms with van der Waals surface area (Å²) >= 11 is 0. The summed E-state index contributed by atoms with van der Waals surface area (Å²) in [5, 5.41) is 0. The van der Waals surface area contributed by atoms with Gasteiger partial charge in [-0.05, 0) is 0 Å². The van der Waals surface area contributed by atoms with Gasteiger partial charge in [-0.15, -0.1) is 0 Å². The topological polar surface area (TPSA) is 95.7 Å². The average molecular weight is 99.0 g/mol. The van der Waals surface area contributed by atoms with Crippen LogP contribution in [0.15, 0.2) is 0 Å². The van der Waals surface area contributed by atoms with Crippen molar-refractivity contribution in [2.45, 2.75) is 0 Å². The van der Waals surface area contributed by atoms with E-state index in [1.165, 1.54) is 0 Å². The van der Waals surface area contributed by atoms with Gasteiger partial charge < -0.3 is 20.8 Å². The lowest BCUT2D eigenvalue weighted by molar-refractivity contribution is 0.368. The maximum absolute atomic E-state index is 7.23. The lowest BCUT2D eigenvalue weighted by Crippen LogP contribution is -1.54. The molecule has 0 aliphatic rings. The van der Waals surface area contributed by atoms with Crippen molar-refractivity contribution in [2.75, 3.05) is 0 Å². The first-order valence-electron chi connectivity index (χ1n) is 0.600. The first-order chi connectivity index (χ1) is 1.73. The molecule has 0 saturated heterocycles. The molecule has 0 atom stereocenters. The third-order valence-electron chi connectivity index (χ3n) is 0. The average Bonchev–Trinajstić information content (AvgIpc) is 0.811. The molecule has 0 fully saturated rings. The van der Waals surface area contributed by atoms with E-state index in [9.17, 15) is 0 Å². The van der Waals surface area contributed by atoms with Gasteiger partial charge in [0.05, 0.1) is 0 Å². The molecule has 0 aromatic heterocycles. The van der Waals surface area contributed by atoms with Gasteiger partial charge >= 0.3 is 8.60 Å². The van der Waals surface area contributed by atoms with Crippen molar-refractivity contribution in [3.8, 4) is 0 Å². The third kappa shape index (κ3) is 302. The summed E-state index contributed by atoms with van der Waals surface area (Å²) in [4.78, 5) is 21.7. The van der Waals surface area contributed by atoms with Crippen LogP contribution >= 0.6 is 8.60 Å². The summed E-state index contributed by atoms with van der Waals surface area (Å²) in [5.74, 6) is 0. The lowest BCUT2D eigenvalue weighted by atomic mass is 14.0. The third-order valence-corrected chi connectivity index (χ3v) is 0. The van der Waals surface area contributed by atoms with Crippen LogP contribution in [0.4, 0.5) is 0 Å². The van der Waals surface area contributed by atoms with E-state index in [-0.39, 0.29) is 6.15 Å². The molecule has 4 nitrogen and oxygen atoms in total. The minimum Gasteiger partial charge on any atom is -0.344 e. The monoisotopic (exact) mass is 99.0 g/mol.